The van der Waals surface area contributed by atoms with Gasteiger partial charge in [0.05, 0.1) is 12.3 Å². The lowest BCUT2D eigenvalue weighted by Gasteiger charge is -2.39. The first-order valence-electron chi connectivity index (χ1n) is 10.2. The number of benzene rings is 1. The maximum Gasteiger partial charge on any atom is 0.244 e. The van der Waals surface area contributed by atoms with E-state index >= 15 is 0 Å². The molecule has 0 spiro atoms. The van der Waals surface area contributed by atoms with Crippen LogP contribution in [0.15, 0.2) is 59.3 Å². The second-order valence-corrected chi connectivity index (χ2v) is 10.8. The van der Waals surface area contributed by atoms with Crippen molar-refractivity contribution in [1.82, 2.24) is 9.29 Å². The summed E-state index contributed by atoms with van der Waals surface area (Å²) in [4.78, 5) is 4.20. The summed E-state index contributed by atoms with van der Waals surface area (Å²) in [7, 11) is -3.67. The number of halogens is 1. The third-order valence-corrected chi connectivity index (χ3v) is 7.10. The Bertz CT molecular complexity index is 1140. The van der Waals surface area contributed by atoms with Gasteiger partial charge in [-0.1, -0.05) is 48.9 Å². The zero-order valence-corrected chi connectivity index (χ0v) is 19.8. The monoisotopic (exact) mass is 458 g/mol. The minimum Gasteiger partial charge on any atom is -0.489 e. The average molecular weight is 459 g/mol. The molecule has 7 heteroatoms. The fourth-order valence-corrected chi connectivity index (χ4v) is 5.25. The van der Waals surface area contributed by atoms with E-state index in [0.717, 1.165) is 11.1 Å². The van der Waals surface area contributed by atoms with E-state index in [1.807, 2.05) is 58.0 Å². The van der Waals surface area contributed by atoms with E-state index < -0.39 is 10.0 Å². The summed E-state index contributed by atoms with van der Waals surface area (Å²) in [6.07, 6.45) is 5.36. The molecule has 1 aliphatic heterocycles. The number of sulfonamides is 1. The lowest BCUT2D eigenvalue weighted by molar-refractivity contribution is 0.240. The highest BCUT2D eigenvalue weighted by Crippen LogP contribution is 2.36. The van der Waals surface area contributed by atoms with Gasteiger partial charge >= 0.3 is 0 Å². The molecule has 1 aliphatic rings. The molecule has 3 rings (SSSR count). The van der Waals surface area contributed by atoms with Crippen molar-refractivity contribution >= 4 is 21.6 Å². The zero-order valence-electron chi connectivity index (χ0n) is 18.2. The first kappa shape index (κ1) is 23.3. The Kier molecular flexibility index (Phi) is 7.10. The normalized spacial score (nSPS) is 17.9. The largest absolute Gasteiger partial charge is 0.489 e. The van der Waals surface area contributed by atoms with E-state index in [1.165, 1.54) is 22.8 Å². The number of hydrogen-bond acceptors (Lipinski definition) is 4. The Labute approximate surface area is 190 Å². The van der Waals surface area contributed by atoms with E-state index in [1.54, 1.807) is 0 Å². The molecule has 1 saturated heterocycles. The van der Waals surface area contributed by atoms with Crippen LogP contribution in [-0.2, 0) is 10.0 Å². The van der Waals surface area contributed by atoms with Gasteiger partial charge in [-0.2, -0.15) is 4.31 Å². The number of rotatable bonds is 4. The van der Waals surface area contributed by atoms with Gasteiger partial charge in [0, 0.05) is 41.4 Å². The molecule has 1 aromatic carbocycles. The Hall–Kier alpha value is -2.33. The number of allylic oxidation sites excluding steroid dienone is 1. The second kappa shape index (κ2) is 9.44. The smallest absolute Gasteiger partial charge is 0.244 e. The first-order valence-corrected chi connectivity index (χ1v) is 12.0. The molecule has 0 saturated carbocycles. The molecule has 2 heterocycles. The predicted molar refractivity (Wildman–Crippen MR) is 124 cm³/mol. The fraction of sp³-hybridized carbons (Fsp3) is 0.375. The van der Waals surface area contributed by atoms with Crippen LogP contribution in [0.4, 0.5) is 0 Å². The summed E-state index contributed by atoms with van der Waals surface area (Å²) in [6, 6.07) is 8.94. The van der Waals surface area contributed by atoms with Crippen molar-refractivity contribution in [2.24, 2.45) is 5.41 Å². The van der Waals surface area contributed by atoms with Crippen LogP contribution in [0.25, 0.3) is 0 Å². The standard InChI is InChI=1S/C24H27ClN2O3S/c1-18(2)30-22-14-23(16-26-15-22)31(28,29)27-12-11-20(24(3,4)17-27)9-5-7-19-8-6-10-21(25)13-19/h6,8-10,13-16,18H,11-12,17H2,1-4H3/b20-9+. The summed E-state index contributed by atoms with van der Waals surface area (Å²) < 4.78 is 33.6. The van der Waals surface area contributed by atoms with E-state index in [2.05, 4.69) is 16.8 Å². The van der Waals surface area contributed by atoms with Gasteiger partial charge in [-0.15, -0.1) is 0 Å². The van der Waals surface area contributed by atoms with Gasteiger partial charge in [0.25, 0.3) is 0 Å². The third-order valence-electron chi connectivity index (χ3n) is 5.06. The van der Waals surface area contributed by atoms with Gasteiger partial charge in [-0.05, 0) is 44.5 Å². The molecule has 0 unspecified atom stereocenters. The van der Waals surface area contributed by atoms with Gasteiger partial charge in [0.1, 0.15) is 10.6 Å². The number of nitrogens with zero attached hydrogens (tertiary/aromatic N) is 2. The van der Waals surface area contributed by atoms with Crippen LogP contribution in [0.5, 0.6) is 5.75 Å². The van der Waals surface area contributed by atoms with Crippen molar-refractivity contribution in [3.8, 4) is 17.6 Å². The molecule has 1 fully saturated rings. The SMILES string of the molecule is CC(C)Oc1cncc(S(=O)(=O)N2CC/C(=C\C#Cc3cccc(Cl)c3)C(C)(C)C2)c1. The molecule has 2 aromatic rings. The van der Waals surface area contributed by atoms with Gasteiger partial charge in [-0.25, -0.2) is 8.42 Å². The van der Waals surface area contributed by atoms with Crippen molar-refractivity contribution in [3.05, 3.63) is 65.0 Å². The van der Waals surface area contributed by atoms with Crippen LogP contribution in [0.2, 0.25) is 5.02 Å². The van der Waals surface area contributed by atoms with Crippen molar-refractivity contribution in [1.29, 1.82) is 0 Å². The van der Waals surface area contributed by atoms with Crippen molar-refractivity contribution in [3.63, 3.8) is 0 Å². The lowest BCUT2D eigenvalue weighted by Crippen LogP contribution is -2.44. The summed E-state index contributed by atoms with van der Waals surface area (Å²) in [6.45, 7) is 8.62. The molecule has 1 aromatic heterocycles. The summed E-state index contributed by atoms with van der Waals surface area (Å²) >= 11 is 6.00. The topological polar surface area (TPSA) is 59.5 Å². The van der Waals surface area contributed by atoms with Gasteiger partial charge in [-0.3, -0.25) is 4.98 Å². The third kappa shape index (κ3) is 5.88. The zero-order chi connectivity index (χ0) is 22.6. The van der Waals surface area contributed by atoms with E-state index in [-0.39, 0.29) is 16.4 Å². The van der Waals surface area contributed by atoms with E-state index in [9.17, 15) is 8.42 Å². The van der Waals surface area contributed by atoms with Crippen LogP contribution >= 0.6 is 11.6 Å². The second-order valence-electron chi connectivity index (χ2n) is 8.44. The molecule has 31 heavy (non-hydrogen) atoms. The quantitative estimate of drug-likeness (QED) is 0.610. The van der Waals surface area contributed by atoms with Crippen LogP contribution in [0.1, 0.15) is 39.7 Å². The molecule has 0 bridgehead atoms. The molecule has 0 amide bonds. The molecule has 0 atom stereocenters. The fourth-order valence-electron chi connectivity index (χ4n) is 3.48. The Morgan fingerprint density at radius 2 is 2.03 bits per heavy atom. The summed E-state index contributed by atoms with van der Waals surface area (Å²) in [5, 5.41) is 0.649. The molecular weight excluding hydrogens is 432 g/mol. The highest BCUT2D eigenvalue weighted by Gasteiger charge is 2.37. The molecule has 0 radical (unpaired) electrons. The van der Waals surface area contributed by atoms with Crippen LogP contribution in [0, 0.1) is 17.3 Å². The summed E-state index contributed by atoms with van der Waals surface area (Å²) in [5.74, 6) is 6.64. The number of piperidine rings is 1. The molecular formula is C24H27ClN2O3S. The molecule has 0 N–H and O–H groups in total. The van der Waals surface area contributed by atoms with Gasteiger partial charge in [0.15, 0.2) is 0 Å². The van der Waals surface area contributed by atoms with Gasteiger partial charge in [0.2, 0.25) is 10.0 Å². The maximum absolute atomic E-state index is 13.2. The van der Waals surface area contributed by atoms with Crippen LogP contribution < -0.4 is 4.74 Å². The Morgan fingerprint density at radius 3 is 2.71 bits per heavy atom. The lowest BCUT2D eigenvalue weighted by atomic mass is 9.79. The van der Waals surface area contributed by atoms with Crippen LogP contribution in [0.3, 0.4) is 0 Å². The minimum absolute atomic E-state index is 0.0607. The van der Waals surface area contributed by atoms with E-state index in [4.69, 9.17) is 16.3 Å². The van der Waals surface area contributed by atoms with Crippen molar-refractivity contribution < 1.29 is 13.2 Å². The molecule has 0 aliphatic carbocycles. The first-order chi connectivity index (χ1) is 14.6. The number of pyridine rings is 1. The van der Waals surface area contributed by atoms with Crippen molar-refractivity contribution in [2.45, 2.75) is 45.1 Å². The van der Waals surface area contributed by atoms with E-state index in [0.29, 0.717) is 30.3 Å². The number of hydrogen-bond donors (Lipinski definition) is 0. The Balaban J connectivity index is 1.78. The average Bonchev–Trinajstić information content (AvgIpc) is 2.68. The highest BCUT2D eigenvalue weighted by molar-refractivity contribution is 7.89. The molecule has 164 valence electrons. The van der Waals surface area contributed by atoms with Crippen LogP contribution in [-0.4, -0.2) is 36.9 Å². The predicted octanol–water partition coefficient (Wildman–Crippen LogP) is 4.92. The number of ether oxygens (including phenoxy) is 1. The minimum atomic E-state index is -3.67. The van der Waals surface area contributed by atoms with Gasteiger partial charge < -0.3 is 4.74 Å². The maximum atomic E-state index is 13.2. The Morgan fingerprint density at radius 1 is 1.26 bits per heavy atom. The number of aromatic nitrogens is 1. The highest BCUT2D eigenvalue weighted by atomic mass is 35.5. The summed E-state index contributed by atoms with van der Waals surface area (Å²) in [5.41, 5.74) is 1.63. The molecule has 5 nitrogen and oxygen atoms in total. The van der Waals surface area contributed by atoms with Crippen molar-refractivity contribution in [2.75, 3.05) is 13.1 Å².